The number of amides is 1. The smallest absolute Gasteiger partial charge is 0.223 e. The predicted molar refractivity (Wildman–Crippen MR) is 120 cm³/mol. The van der Waals surface area contributed by atoms with Crippen molar-refractivity contribution in [1.29, 1.82) is 0 Å². The molecule has 0 aliphatic carbocycles. The Kier molecular flexibility index (Phi) is 6.70. The number of hydrogen-bond donors (Lipinski definition) is 0. The highest BCUT2D eigenvalue weighted by molar-refractivity contribution is 5.76. The van der Waals surface area contributed by atoms with E-state index in [1.807, 2.05) is 48.2 Å². The molecule has 0 aliphatic rings. The van der Waals surface area contributed by atoms with Gasteiger partial charge in [0.15, 0.2) is 11.7 Å². The average molecular weight is 429 g/mol. The summed E-state index contributed by atoms with van der Waals surface area (Å²) in [5.41, 5.74) is 3.56. The summed E-state index contributed by atoms with van der Waals surface area (Å²) in [6.07, 6.45) is 5.56. The zero-order chi connectivity index (χ0) is 22.3. The van der Waals surface area contributed by atoms with E-state index in [2.05, 4.69) is 9.97 Å². The van der Waals surface area contributed by atoms with Crippen molar-refractivity contribution in [2.45, 2.75) is 32.9 Å². The number of oxazole rings is 1. The van der Waals surface area contributed by atoms with E-state index < -0.39 is 0 Å². The van der Waals surface area contributed by atoms with Gasteiger partial charge in [0.25, 0.3) is 0 Å². The Morgan fingerprint density at radius 3 is 2.59 bits per heavy atom. The van der Waals surface area contributed by atoms with Gasteiger partial charge in [0.1, 0.15) is 5.82 Å². The number of carbonyl (C=O) groups is 1. The molecule has 4 aromatic rings. The Hall–Kier alpha value is -3.80. The fourth-order valence-electron chi connectivity index (χ4n) is 3.52. The molecule has 1 amide bonds. The van der Waals surface area contributed by atoms with E-state index in [9.17, 15) is 9.18 Å². The number of hydrogen-bond acceptors (Lipinski definition) is 4. The molecule has 0 saturated heterocycles. The number of aromatic nitrogens is 2. The van der Waals surface area contributed by atoms with Crippen LogP contribution in [0.25, 0.3) is 11.3 Å². The van der Waals surface area contributed by atoms with E-state index in [1.54, 1.807) is 30.6 Å². The standard InChI is InChI=1S/C26H24FN3O2/c1-19-7-2-3-9-21(19)18-30(17-20-8-6-14-28-15-20)26(31)13-12-25-29-16-24(32-25)22-10-4-5-11-23(22)27/h2-11,14-16H,12-13,17-18H2,1H3. The average Bonchev–Trinajstić information content (AvgIpc) is 3.28. The van der Waals surface area contributed by atoms with Crippen LogP contribution in [-0.4, -0.2) is 20.8 Å². The van der Waals surface area contributed by atoms with Crippen molar-refractivity contribution < 1.29 is 13.6 Å². The van der Waals surface area contributed by atoms with Gasteiger partial charge in [0.05, 0.1) is 11.8 Å². The first-order valence-electron chi connectivity index (χ1n) is 10.5. The molecule has 2 aromatic heterocycles. The molecule has 32 heavy (non-hydrogen) atoms. The number of benzene rings is 2. The molecule has 0 spiro atoms. The van der Waals surface area contributed by atoms with Gasteiger partial charge >= 0.3 is 0 Å². The molecular formula is C26H24FN3O2. The molecule has 0 N–H and O–H groups in total. The lowest BCUT2D eigenvalue weighted by Gasteiger charge is -2.23. The van der Waals surface area contributed by atoms with Crippen molar-refractivity contribution in [3.05, 3.63) is 108 Å². The summed E-state index contributed by atoms with van der Waals surface area (Å²) in [6.45, 7) is 3.01. The summed E-state index contributed by atoms with van der Waals surface area (Å²) in [4.78, 5) is 23.4. The first-order chi connectivity index (χ1) is 15.6. The minimum atomic E-state index is -0.368. The maximum atomic E-state index is 14.0. The fraction of sp³-hybridized carbons (Fsp3) is 0.192. The van der Waals surface area contributed by atoms with Gasteiger partial charge in [-0.3, -0.25) is 9.78 Å². The molecular weight excluding hydrogens is 405 g/mol. The van der Waals surface area contributed by atoms with E-state index in [1.165, 1.54) is 12.3 Å². The molecule has 0 bridgehead atoms. The van der Waals surface area contributed by atoms with Crippen LogP contribution in [0.15, 0.2) is 83.7 Å². The molecule has 0 radical (unpaired) electrons. The van der Waals surface area contributed by atoms with Gasteiger partial charge in [-0.25, -0.2) is 9.37 Å². The minimum absolute atomic E-state index is 0.0113. The number of rotatable bonds is 8. The second-order valence-corrected chi connectivity index (χ2v) is 7.64. The third-order valence-corrected chi connectivity index (χ3v) is 5.32. The second kappa shape index (κ2) is 10.0. The SMILES string of the molecule is Cc1ccccc1CN(Cc1cccnc1)C(=O)CCc1ncc(-c2ccccc2F)o1. The monoisotopic (exact) mass is 429 g/mol. The van der Waals surface area contributed by atoms with Crippen molar-refractivity contribution in [2.75, 3.05) is 0 Å². The van der Waals surface area contributed by atoms with E-state index in [4.69, 9.17) is 4.42 Å². The first-order valence-corrected chi connectivity index (χ1v) is 10.5. The van der Waals surface area contributed by atoms with Crippen LogP contribution < -0.4 is 0 Å². The molecule has 2 aromatic carbocycles. The summed E-state index contributed by atoms with van der Waals surface area (Å²) in [5, 5.41) is 0. The van der Waals surface area contributed by atoms with E-state index in [0.29, 0.717) is 36.7 Å². The maximum absolute atomic E-state index is 14.0. The molecule has 5 nitrogen and oxygen atoms in total. The van der Waals surface area contributed by atoms with Crippen LogP contribution in [0.2, 0.25) is 0 Å². The Labute approximate surface area is 186 Å². The second-order valence-electron chi connectivity index (χ2n) is 7.64. The van der Waals surface area contributed by atoms with Crippen LogP contribution in [0, 0.1) is 12.7 Å². The van der Waals surface area contributed by atoms with E-state index in [-0.39, 0.29) is 18.1 Å². The zero-order valence-corrected chi connectivity index (χ0v) is 17.9. The topological polar surface area (TPSA) is 59.2 Å². The normalized spacial score (nSPS) is 10.8. The summed E-state index contributed by atoms with van der Waals surface area (Å²) in [5.74, 6) is 0.390. The van der Waals surface area contributed by atoms with Crippen LogP contribution >= 0.6 is 0 Å². The van der Waals surface area contributed by atoms with Gasteiger partial charge < -0.3 is 9.32 Å². The summed E-state index contributed by atoms with van der Waals surface area (Å²) >= 11 is 0. The molecule has 4 rings (SSSR count). The van der Waals surface area contributed by atoms with Gasteiger partial charge in [-0.1, -0.05) is 42.5 Å². The van der Waals surface area contributed by atoms with Gasteiger partial charge in [0, 0.05) is 38.3 Å². The molecule has 0 unspecified atom stereocenters. The Bertz CT molecular complexity index is 1190. The van der Waals surface area contributed by atoms with Gasteiger partial charge in [0.2, 0.25) is 5.91 Å². The lowest BCUT2D eigenvalue weighted by Crippen LogP contribution is -2.30. The Morgan fingerprint density at radius 1 is 1.00 bits per heavy atom. The Morgan fingerprint density at radius 2 is 1.81 bits per heavy atom. The lowest BCUT2D eigenvalue weighted by molar-refractivity contribution is -0.132. The molecule has 162 valence electrons. The third kappa shape index (κ3) is 5.27. The molecule has 0 fully saturated rings. The highest BCUT2D eigenvalue weighted by Crippen LogP contribution is 2.24. The van der Waals surface area contributed by atoms with Crippen LogP contribution in [0.3, 0.4) is 0 Å². The van der Waals surface area contributed by atoms with Crippen LogP contribution in [0.5, 0.6) is 0 Å². The number of carbonyl (C=O) groups excluding carboxylic acids is 1. The van der Waals surface area contributed by atoms with Gasteiger partial charge in [-0.2, -0.15) is 0 Å². The molecule has 0 atom stereocenters. The summed E-state index contributed by atoms with van der Waals surface area (Å²) < 4.78 is 19.7. The zero-order valence-electron chi connectivity index (χ0n) is 17.9. The summed E-state index contributed by atoms with van der Waals surface area (Å²) in [7, 11) is 0. The fourth-order valence-corrected chi connectivity index (χ4v) is 3.52. The third-order valence-electron chi connectivity index (χ3n) is 5.32. The van der Waals surface area contributed by atoms with E-state index >= 15 is 0 Å². The quantitative estimate of drug-likeness (QED) is 0.379. The van der Waals surface area contributed by atoms with Crippen molar-refractivity contribution in [2.24, 2.45) is 0 Å². The number of aryl methyl sites for hydroxylation is 2. The number of nitrogens with zero attached hydrogens (tertiary/aromatic N) is 3. The molecule has 6 heteroatoms. The van der Waals surface area contributed by atoms with Gasteiger partial charge in [-0.05, 0) is 41.8 Å². The van der Waals surface area contributed by atoms with Crippen LogP contribution in [0.4, 0.5) is 4.39 Å². The van der Waals surface area contributed by atoms with Gasteiger partial charge in [-0.15, -0.1) is 0 Å². The molecule has 2 heterocycles. The van der Waals surface area contributed by atoms with Crippen molar-refractivity contribution in [1.82, 2.24) is 14.9 Å². The first kappa shape index (κ1) is 21.4. The van der Waals surface area contributed by atoms with Crippen molar-refractivity contribution in [3.8, 4) is 11.3 Å². The number of pyridine rings is 1. The van der Waals surface area contributed by atoms with Crippen molar-refractivity contribution in [3.63, 3.8) is 0 Å². The molecule has 0 aliphatic heterocycles. The lowest BCUT2D eigenvalue weighted by atomic mass is 10.1. The largest absolute Gasteiger partial charge is 0.441 e. The molecule has 0 saturated carbocycles. The Balaban J connectivity index is 1.46. The van der Waals surface area contributed by atoms with Crippen molar-refractivity contribution >= 4 is 5.91 Å². The van der Waals surface area contributed by atoms with E-state index in [0.717, 1.165) is 16.7 Å². The maximum Gasteiger partial charge on any atom is 0.223 e. The van der Waals surface area contributed by atoms with Crippen LogP contribution in [0.1, 0.15) is 29.0 Å². The highest BCUT2D eigenvalue weighted by Gasteiger charge is 2.18. The summed E-state index contributed by atoms with van der Waals surface area (Å²) in [6, 6.07) is 18.3. The van der Waals surface area contributed by atoms with Crippen LogP contribution in [-0.2, 0) is 24.3 Å². The number of halogens is 1. The predicted octanol–water partition coefficient (Wildman–Crippen LogP) is 5.35. The highest BCUT2D eigenvalue weighted by atomic mass is 19.1. The minimum Gasteiger partial charge on any atom is -0.441 e.